The van der Waals surface area contributed by atoms with Crippen molar-refractivity contribution in [2.45, 2.75) is 13.0 Å². The Kier molecular flexibility index (Phi) is 3.56. The zero-order valence-corrected chi connectivity index (χ0v) is 12.3. The number of thiophene rings is 1. The van der Waals surface area contributed by atoms with Crippen molar-refractivity contribution >= 4 is 27.9 Å². The fourth-order valence-corrected chi connectivity index (χ4v) is 3.02. The molecule has 3 rings (SSSR count). The number of aromatic nitrogens is 1. The van der Waals surface area contributed by atoms with Crippen LogP contribution in [0, 0.1) is 0 Å². The third kappa shape index (κ3) is 2.34. The van der Waals surface area contributed by atoms with Gasteiger partial charge in [-0.25, -0.2) is 4.98 Å². The Hall–Kier alpha value is -2.07. The van der Waals surface area contributed by atoms with Gasteiger partial charge in [-0.1, -0.05) is 18.2 Å². The Morgan fingerprint density at radius 3 is 2.80 bits per heavy atom. The molecule has 0 aliphatic heterocycles. The molecule has 1 aromatic carbocycles. The number of ether oxygens (including phenoxy) is 1. The number of fused-ring (bicyclic) bond motifs is 1. The second-order valence-corrected chi connectivity index (χ2v) is 5.58. The molecule has 0 aliphatic rings. The summed E-state index contributed by atoms with van der Waals surface area (Å²) in [5.41, 5.74) is 0. The molecule has 2 aromatic heterocycles. The first-order chi connectivity index (χ1) is 9.79. The van der Waals surface area contributed by atoms with Crippen LogP contribution in [0.15, 0.2) is 48.0 Å². The molecule has 0 radical (unpaired) electrons. The van der Waals surface area contributed by atoms with Crippen LogP contribution in [0.5, 0.6) is 5.75 Å². The number of anilines is 1. The lowest BCUT2D eigenvalue weighted by molar-refractivity contribution is 0.420. The molecule has 102 valence electrons. The summed E-state index contributed by atoms with van der Waals surface area (Å²) in [4.78, 5) is 5.77. The van der Waals surface area contributed by atoms with Crippen LogP contribution in [0.2, 0.25) is 0 Å². The molecular formula is C16H16N2OS. The average Bonchev–Trinajstić information content (AvgIpc) is 3.01. The number of hydrogen-bond donors (Lipinski definition) is 1. The number of hydrogen-bond acceptors (Lipinski definition) is 4. The molecule has 0 spiro atoms. The number of rotatable bonds is 4. The van der Waals surface area contributed by atoms with E-state index < -0.39 is 0 Å². The summed E-state index contributed by atoms with van der Waals surface area (Å²) in [5.74, 6) is 1.76. The smallest absolute Gasteiger partial charge is 0.134 e. The number of benzene rings is 1. The zero-order valence-electron chi connectivity index (χ0n) is 11.5. The van der Waals surface area contributed by atoms with Crippen LogP contribution in [-0.4, -0.2) is 12.1 Å². The van der Waals surface area contributed by atoms with Crippen LogP contribution in [-0.2, 0) is 0 Å². The molecule has 20 heavy (non-hydrogen) atoms. The van der Waals surface area contributed by atoms with E-state index in [-0.39, 0.29) is 6.04 Å². The van der Waals surface area contributed by atoms with Gasteiger partial charge in [-0.15, -0.1) is 11.3 Å². The molecule has 3 nitrogen and oxygen atoms in total. The Labute approximate surface area is 122 Å². The molecular weight excluding hydrogens is 268 g/mol. The van der Waals surface area contributed by atoms with Crippen molar-refractivity contribution in [1.29, 1.82) is 0 Å². The molecule has 0 bridgehead atoms. The maximum Gasteiger partial charge on any atom is 0.134 e. The van der Waals surface area contributed by atoms with Gasteiger partial charge in [0.15, 0.2) is 0 Å². The second kappa shape index (κ2) is 5.51. The van der Waals surface area contributed by atoms with E-state index in [2.05, 4.69) is 40.8 Å². The molecule has 0 amide bonds. The van der Waals surface area contributed by atoms with Gasteiger partial charge in [0.2, 0.25) is 0 Å². The minimum Gasteiger partial charge on any atom is -0.496 e. The zero-order chi connectivity index (χ0) is 13.9. The third-order valence-electron chi connectivity index (χ3n) is 3.31. The molecule has 4 heteroatoms. The number of nitrogens with one attached hydrogen (secondary N) is 1. The maximum absolute atomic E-state index is 5.41. The van der Waals surface area contributed by atoms with Crippen molar-refractivity contribution in [2.24, 2.45) is 0 Å². The quantitative estimate of drug-likeness (QED) is 0.767. The molecule has 0 saturated carbocycles. The molecule has 1 atom stereocenters. The first kappa shape index (κ1) is 12.9. The van der Waals surface area contributed by atoms with Crippen LogP contribution in [0.1, 0.15) is 17.8 Å². The van der Waals surface area contributed by atoms with Gasteiger partial charge in [0, 0.05) is 21.8 Å². The first-order valence-electron chi connectivity index (χ1n) is 6.51. The Morgan fingerprint density at radius 2 is 2.05 bits per heavy atom. The van der Waals surface area contributed by atoms with Gasteiger partial charge in [0.1, 0.15) is 11.6 Å². The Balaban J connectivity index is 2.00. The van der Waals surface area contributed by atoms with Crippen molar-refractivity contribution in [3.05, 3.63) is 52.9 Å². The first-order valence-corrected chi connectivity index (χ1v) is 7.39. The van der Waals surface area contributed by atoms with E-state index in [4.69, 9.17) is 4.74 Å². The maximum atomic E-state index is 5.41. The molecule has 0 aliphatic carbocycles. The minimum absolute atomic E-state index is 0.235. The van der Waals surface area contributed by atoms with E-state index in [1.807, 2.05) is 24.4 Å². The van der Waals surface area contributed by atoms with Crippen LogP contribution >= 0.6 is 11.3 Å². The number of methoxy groups -OCH3 is 1. The second-order valence-electron chi connectivity index (χ2n) is 4.60. The summed E-state index contributed by atoms with van der Waals surface area (Å²) in [6, 6.07) is 12.4. The Bertz CT molecular complexity index is 710. The molecule has 1 unspecified atom stereocenters. The topological polar surface area (TPSA) is 34.1 Å². The highest BCUT2D eigenvalue weighted by molar-refractivity contribution is 7.10. The van der Waals surface area contributed by atoms with Crippen molar-refractivity contribution < 1.29 is 4.74 Å². The molecule has 0 saturated heterocycles. The SMILES string of the molecule is COc1cccc2c(NC(C)c3cccs3)nccc12. The molecule has 1 N–H and O–H groups in total. The lowest BCUT2D eigenvalue weighted by Gasteiger charge is -2.15. The lowest BCUT2D eigenvalue weighted by Crippen LogP contribution is -2.06. The van der Waals surface area contributed by atoms with Crippen LogP contribution in [0.25, 0.3) is 10.8 Å². The monoisotopic (exact) mass is 284 g/mol. The largest absolute Gasteiger partial charge is 0.496 e. The summed E-state index contributed by atoms with van der Waals surface area (Å²) >= 11 is 1.75. The highest BCUT2D eigenvalue weighted by atomic mass is 32.1. The summed E-state index contributed by atoms with van der Waals surface area (Å²) < 4.78 is 5.41. The fourth-order valence-electron chi connectivity index (χ4n) is 2.29. The average molecular weight is 284 g/mol. The summed E-state index contributed by atoms with van der Waals surface area (Å²) in [5, 5.41) is 7.73. The standard InChI is InChI=1S/C16H16N2OS/c1-11(15-7-4-10-20-15)18-16-13-5-3-6-14(19-2)12(13)8-9-17-16/h3-11H,1-2H3,(H,17,18). The molecule has 0 fully saturated rings. The van der Waals surface area contributed by atoms with Gasteiger partial charge < -0.3 is 10.1 Å². The minimum atomic E-state index is 0.235. The van der Waals surface area contributed by atoms with Crippen LogP contribution < -0.4 is 10.1 Å². The van der Waals surface area contributed by atoms with Gasteiger partial charge in [-0.3, -0.25) is 0 Å². The highest BCUT2D eigenvalue weighted by Gasteiger charge is 2.10. The van der Waals surface area contributed by atoms with Crippen molar-refractivity contribution in [1.82, 2.24) is 4.98 Å². The van der Waals surface area contributed by atoms with E-state index in [9.17, 15) is 0 Å². The van der Waals surface area contributed by atoms with Gasteiger partial charge in [0.25, 0.3) is 0 Å². The van der Waals surface area contributed by atoms with Crippen molar-refractivity contribution in [3.8, 4) is 5.75 Å². The van der Waals surface area contributed by atoms with E-state index in [1.54, 1.807) is 18.4 Å². The predicted molar refractivity (Wildman–Crippen MR) is 84.7 cm³/mol. The molecule has 2 heterocycles. The highest BCUT2D eigenvalue weighted by Crippen LogP contribution is 2.31. The van der Waals surface area contributed by atoms with Gasteiger partial charge >= 0.3 is 0 Å². The summed E-state index contributed by atoms with van der Waals surface area (Å²) in [6.07, 6.45) is 1.81. The van der Waals surface area contributed by atoms with E-state index >= 15 is 0 Å². The Morgan fingerprint density at radius 1 is 1.15 bits per heavy atom. The van der Waals surface area contributed by atoms with Gasteiger partial charge in [-0.2, -0.15) is 0 Å². The van der Waals surface area contributed by atoms with E-state index in [0.717, 1.165) is 22.3 Å². The summed E-state index contributed by atoms with van der Waals surface area (Å²) in [7, 11) is 1.69. The molecule has 3 aromatic rings. The van der Waals surface area contributed by atoms with E-state index in [0.29, 0.717) is 0 Å². The van der Waals surface area contributed by atoms with Crippen molar-refractivity contribution in [2.75, 3.05) is 12.4 Å². The fraction of sp³-hybridized carbons (Fsp3) is 0.188. The predicted octanol–water partition coefficient (Wildman–Crippen LogP) is 4.48. The van der Waals surface area contributed by atoms with Crippen LogP contribution in [0.3, 0.4) is 0 Å². The van der Waals surface area contributed by atoms with Gasteiger partial charge in [0.05, 0.1) is 13.2 Å². The summed E-state index contributed by atoms with van der Waals surface area (Å²) in [6.45, 7) is 2.15. The third-order valence-corrected chi connectivity index (χ3v) is 4.36. The van der Waals surface area contributed by atoms with Crippen molar-refractivity contribution in [3.63, 3.8) is 0 Å². The number of nitrogens with zero attached hydrogens (tertiary/aromatic N) is 1. The lowest BCUT2D eigenvalue weighted by atomic mass is 10.1. The van der Waals surface area contributed by atoms with E-state index in [1.165, 1.54) is 4.88 Å². The van der Waals surface area contributed by atoms with Gasteiger partial charge in [-0.05, 0) is 30.5 Å². The normalized spacial score (nSPS) is 12.3. The van der Waals surface area contributed by atoms with Crippen LogP contribution in [0.4, 0.5) is 5.82 Å². The number of pyridine rings is 1.